The van der Waals surface area contributed by atoms with Gasteiger partial charge in [-0.3, -0.25) is 0 Å². The zero-order valence-corrected chi connectivity index (χ0v) is 23.4. The molecule has 1 unspecified atom stereocenters. The van der Waals surface area contributed by atoms with Gasteiger partial charge in [-0.1, -0.05) is 48.5 Å². The number of nitrogens with one attached hydrogen (secondary N) is 1. The quantitative estimate of drug-likeness (QED) is 0.355. The Kier molecular flexibility index (Phi) is 6.50. The monoisotopic (exact) mass is 547 g/mol. The van der Waals surface area contributed by atoms with E-state index in [9.17, 15) is 4.79 Å². The molecular formula is C33H33N5O3. The van der Waals surface area contributed by atoms with Crippen LogP contribution in [-0.4, -0.2) is 77.2 Å². The number of aromatic nitrogens is 2. The highest BCUT2D eigenvalue weighted by atomic mass is 16.7. The summed E-state index contributed by atoms with van der Waals surface area (Å²) in [5.74, 6) is 3.91. The van der Waals surface area contributed by atoms with Gasteiger partial charge in [-0.25, -0.2) is 9.78 Å². The molecule has 3 aliphatic rings. The highest BCUT2D eigenvalue weighted by Gasteiger charge is 2.39. The van der Waals surface area contributed by atoms with E-state index in [-0.39, 0.29) is 12.8 Å². The van der Waals surface area contributed by atoms with Gasteiger partial charge in [0, 0.05) is 44.0 Å². The van der Waals surface area contributed by atoms with Crippen LogP contribution in [0.3, 0.4) is 0 Å². The van der Waals surface area contributed by atoms with Crippen molar-refractivity contribution in [2.75, 3.05) is 46.6 Å². The van der Waals surface area contributed by atoms with Crippen molar-refractivity contribution in [2.45, 2.75) is 19.4 Å². The summed E-state index contributed by atoms with van der Waals surface area (Å²) in [6, 6.07) is 20.8. The molecule has 7 rings (SSSR count). The number of rotatable bonds is 6. The molecule has 1 atom stereocenters. The number of benzene rings is 3. The van der Waals surface area contributed by atoms with Crippen LogP contribution in [-0.2, 0) is 11.2 Å². The predicted octanol–water partition coefficient (Wildman–Crippen LogP) is 4.57. The number of H-pyrrole nitrogens is 1. The maximum atomic E-state index is 13.0. The topological polar surface area (TPSA) is 73.9 Å². The molecule has 0 saturated carbocycles. The molecule has 4 aromatic rings. The van der Waals surface area contributed by atoms with Crippen LogP contribution in [0.5, 0.6) is 11.5 Å². The van der Waals surface area contributed by atoms with Gasteiger partial charge in [-0.2, -0.15) is 0 Å². The van der Waals surface area contributed by atoms with E-state index < -0.39 is 0 Å². The fraction of sp³-hybridized carbons (Fsp3) is 0.303. The number of hydrogen-bond acceptors (Lipinski definition) is 7. The minimum absolute atomic E-state index is 0.187. The van der Waals surface area contributed by atoms with Crippen molar-refractivity contribution in [3.63, 3.8) is 0 Å². The SMILES string of the molecule is Cc1[nH]cnc1C(Cc1ccc2c(c1)OCO2)N1CC(c2cccc3ccccc23)=C(N2CCN(C)CC2)C1=C=O. The number of carbonyl (C=O) groups excluding carboxylic acids is 1. The van der Waals surface area contributed by atoms with Gasteiger partial charge in [0.05, 0.1) is 23.8 Å². The number of likely N-dealkylation sites (N-methyl/N-ethyl adjacent to an activating group) is 1. The van der Waals surface area contributed by atoms with Crippen molar-refractivity contribution < 1.29 is 14.3 Å². The summed E-state index contributed by atoms with van der Waals surface area (Å²) < 4.78 is 11.2. The molecule has 0 amide bonds. The second kappa shape index (κ2) is 10.5. The molecule has 208 valence electrons. The van der Waals surface area contributed by atoms with Crippen LogP contribution in [0.25, 0.3) is 16.3 Å². The number of ether oxygens (including phenoxy) is 2. The Labute approximate surface area is 239 Å². The summed E-state index contributed by atoms with van der Waals surface area (Å²) >= 11 is 0. The fourth-order valence-corrected chi connectivity index (χ4v) is 6.40. The number of aromatic amines is 1. The van der Waals surface area contributed by atoms with Crippen LogP contribution in [0.1, 0.15) is 28.6 Å². The normalized spacial score (nSPS) is 18.0. The molecule has 0 aliphatic carbocycles. The first-order chi connectivity index (χ1) is 20.1. The van der Waals surface area contributed by atoms with E-state index in [1.54, 1.807) is 6.33 Å². The van der Waals surface area contributed by atoms with Gasteiger partial charge in [0.15, 0.2) is 17.4 Å². The highest BCUT2D eigenvalue weighted by molar-refractivity contribution is 5.97. The van der Waals surface area contributed by atoms with E-state index in [1.807, 2.05) is 19.1 Å². The van der Waals surface area contributed by atoms with Gasteiger partial charge in [0.1, 0.15) is 5.70 Å². The van der Waals surface area contributed by atoms with Crippen molar-refractivity contribution in [1.82, 2.24) is 24.7 Å². The number of nitrogens with zero attached hydrogens (tertiary/aromatic N) is 4. The number of piperazine rings is 1. The van der Waals surface area contributed by atoms with Gasteiger partial charge < -0.3 is 29.2 Å². The predicted molar refractivity (Wildman–Crippen MR) is 158 cm³/mol. The second-order valence-corrected chi connectivity index (χ2v) is 11.0. The molecule has 0 spiro atoms. The van der Waals surface area contributed by atoms with Crippen LogP contribution in [0.2, 0.25) is 0 Å². The molecule has 0 radical (unpaired) electrons. The number of hydrogen-bond donors (Lipinski definition) is 1. The number of aryl methyl sites for hydroxylation is 1. The minimum Gasteiger partial charge on any atom is -0.454 e. The third kappa shape index (κ3) is 4.55. The van der Waals surface area contributed by atoms with E-state index in [2.05, 4.69) is 81.2 Å². The average Bonchev–Trinajstić information content (AvgIpc) is 3.74. The number of fused-ring (bicyclic) bond motifs is 2. The Bertz CT molecular complexity index is 1690. The molecule has 8 heteroatoms. The molecule has 41 heavy (non-hydrogen) atoms. The summed E-state index contributed by atoms with van der Waals surface area (Å²) in [6.07, 6.45) is 2.38. The van der Waals surface area contributed by atoms with Gasteiger partial charge in [-0.05, 0) is 54.4 Å². The zero-order chi connectivity index (χ0) is 27.9. The van der Waals surface area contributed by atoms with E-state index in [0.29, 0.717) is 18.7 Å². The summed E-state index contributed by atoms with van der Waals surface area (Å²) in [4.78, 5) is 27.9. The van der Waals surface area contributed by atoms with Crippen molar-refractivity contribution in [3.05, 3.63) is 101 Å². The number of imidazole rings is 1. The largest absolute Gasteiger partial charge is 0.454 e. The maximum absolute atomic E-state index is 13.0. The Morgan fingerprint density at radius 2 is 1.80 bits per heavy atom. The highest BCUT2D eigenvalue weighted by Crippen LogP contribution is 2.44. The maximum Gasteiger partial charge on any atom is 0.231 e. The van der Waals surface area contributed by atoms with Crippen LogP contribution in [0.15, 0.2) is 78.4 Å². The van der Waals surface area contributed by atoms with Crippen molar-refractivity contribution in [1.29, 1.82) is 0 Å². The van der Waals surface area contributed by atoms with E-state index >= 15 is 0 Å². The molecule has 3 aliphatic heterocycles. The molecule has 8 nitrogen and oxygen atoms in total. The standard InChI is InChI=1S/C33H33N5O3/c1-22-32(35-20-34-22)28(16-23-10-11-30-31(17-23)41-21-40-30)38-18-27(26-9-5-7-24-6-3-4-8-25(24)26)33(29(38)19-39)37-14-12-36(2)13-15-37/h3-11,17,20,28H,12-16,18,21H2,1-2H3,(H,34,35). The van der Waals surface area contributed by atoms with Crippen molar-refractivity contribution in [3.8, 4) is 11.5 Å². The lowest BCUT2D eigenvalue weighted by molar-refractivity contribution is 0.174. The van der Waals surface area contributed by atoms with Crippen LogP contribution < -0.4 is 9.47 Å². The van der Waals surface area contributed by atoms with E-state index in [4.69, 9.17) is 14.5 Å². The molecular weight excluding hydrogens is 514 g/mol. The summed E-state index contributed by atoms with van der Waals surface area (Å²) in [5.41, 5.74) is 6.92. The Morgan fingerprint density at radius 3 is 2.61 bits per heavy atom. The van der Waals surface area contributed by atoms with Crippen LogP contribution in [0.4, 0.5) is 0 Å². The van der Waals surface area contributed by atoms with Gasteiger partial charge in [0.25, 0.3) is 0 Å². The minimum atomic E-state index is -0.187. The first-order valence-electron chi connectivity index (χ1n) is 14.2. The molecule has 4 heterocycles. The summed E-state index contributed by atoms with van der Waals surface area (Å²) in [5, 5.41) is 2.37. The Hall–Kier alpha value is -4.52. The van der Waals surface area contributed by atoms with Gasteiger partial charge in [0.2, 0.25) is 6.79 Å². The Balaban J connectivity index is 1.35. The first kappa shape index (κ1) is 25.4. The van der Waals surface area contributed by atoms with Gasteiger partial charge in [-0.15, -0.1) is 0 Å². The molecule has 0 bridgehead atoms. The van der Waals surface area contributed by atoms with Crippen LogP contribution in [0, 0.1) is 6.92 Å². The lowest BCUT2D eigenvalue weighted by Gasteiger charge is -2.36. The van der Waals surface area contributed by atoms with E-state index in [0.717, 1.165) is 71.5 Å². The average molecular weight is 548 g/mol. The molecule has 1 aromatic heterocycles. The Morgan fingerprint density at radius 1 is 1.00 bits per heavy atom. The van der Waals surface area contributed by atoms with E-state index in [1.165, 1.54) is 10.8 Å². The smallest absolute Gasteiger partial charge is 0.231 e. The lowest BCUT2D eigenvalue weighted by Crippen LogP contribution is -2.44. The zero-order valence-electron chi connectivity index (χ0n) is 23.4. The molecule has 1 N–H and O–H groups in total. The molecule has 1 fully saturated rings. The van der Waals surface area contributed by atoms with Gasteiger partial charge >= 0.3 is 0 Å². The summed E-state index contributed by atoms with van der Waals surface area (Å²) in [6.45, 7) is 6.45. The summed E-state index contributed by atoms with van der Waals surface area (Å²) in [7, 11) is 2.15. The van der Waals surface area contributed by atoms with Crippen LogP contribution >= 0.6 is 0 Å². The second-order valence-electron chi connectivity index (χ2n) is 11.0. The van der Waals surface area contributed by atoms with Crippen molar-refractivity contribution in [2.24, 2.45) is 0 Å². The third-order valence-corrected chi connectivity index (χ3v) is 8.58. The fourth-order valence-electron chi connectivity index (χ4n) is 6.40. The molecule has 1 saturated heterocycles. The first-order valence-corrected chi connectivity index (χ1v) is 14.2. The van der Waals surface area contributed by atoms with Crippen molar-refractivity contribution >= 4 is 22.3 Å². The third-order valence-electron chi connectivity index (χ3n) is 8.58. The molecule has 3 aromatic carbocycles. The lowest BCUT2D eigenvalue weighted by atomic mass is 9.97.